The highest BCUT2D eigenvalue weighted by Gasteiger charge is 2.33. The summed E-state index contributed by atoms with van der Waals surface area (Å²) in [7, 11) is 0. The van der Waals surface area contributed by atoms with Crippen molar-refractivity contribution in [2.24, 2.45) is 0 Å². The minimum atomic E-state index is -4.70. The van der Waals surface area contributed by atoms with Crippen LogP contribution < -0.4 is 0 Å². The van der Waals surface area contributed by atoms with E-state index in [1.807, 2.05) is 13.0 Å². The highest BCUT2D eigenvalue weighted by atomic mass is 19.4. The molecule has 0 fully saturated rings. The van der Waals surface area contributed by atoms with Crippen molar-refractivity contribution in [3.05, 3.63) is 64.7 Å². The molecule has 0 N–H and O–H groups in total. The van der Waals surface area contributed by atoms with E-state index in [-0.39, 0.29) is 5.56 Å². The number of pyridine rings is 1. The van der Waals surface area contributed by atoms with E-state index < -0.39 is 17.6 Å². The van der Waals surface area contributed by atoms with E-state index >= 15 is 0 Å². The molecule has 1 heterocycles. The Hall–Kier alpha value is -2.17. The van der Waals surface area contributed by atoms with Gasteiger partial charge in [-0.1, -0.05) is 18.2 Å². The zero-order valence-electron chi connectivity index (χ0n) is 10.6. The molecular weight excluding hydrogens is 270 g/mol. The van der Waals surface area contributed by atoms with Gasteiger partial charge < -0.3 is 0 Å². The molecule has 0 saturated carbocycles. The summed E-state index contributed by atoms with van der Waals surface area (Å²) < 4.78 is 50.8. The lowest BCUT2D eigenvalue weighted by atomic mass is 10.1. The van der Waals surface area contributed by atoms with Gasteiger partial charge in [0.25, 0.3) is 0 Å². The Morgan fingerprint density at radius 1 is 1.05 bits per heavy atom. The molecule has 0 aliphatic rings. The number of benzene rings is 1. The van der Waals surface area contributed by atoms with Crippen molar-refractivity contribution in [2.75, 3.05) is 0 Å². The van der Waals surface area contributed by atoms with Crippen LogP contribution in [0.1, 0.15) is 22.5 Å². The normalized spacial score (nSPS) is 12.1. The third-order valence-corrected chi connectivity index (χ3v) is 2.65. The van der Waals surface area contributed by atoms with Crippen LogP contribution >= 0.6 is 0 Å². The number of hydrogen-bond acceptors (Lipinski definition) is 1. The van der Waals surface area contributed by atoms with Crippen molar-refractivity contribution in [3.8, 4) is 0 Å². The van der Waals surface area contributed by atoms with Gasteiger partial charge >= 0.3 is 6.18 Å². The van der Waals surface area contributed by atoms with Crippen molar-refractivity contribution < 1.29 is 17.6 Å². The van der Waals surface area contributed by atoms with E-state index in [1.165, 1.54) is 12.1 Å². The van der Waals surface area contributed by atoms with E-state index in [0.717, 1.165) is 17.8 Å². The molecule has 1 aromatic heterocycles. The van der Waals surface area contributed by atoms with E-state index in [2.05, 4.69) is 4.98 Å². The molecule has 0 aliphatic heterocycles. The molecule has 2 aromatic rings. The van der Waals surface area contributed by atoms with Crippen molar-refractivity contribution in [2.45, 2.75) is 13.1 Å². The molecule has 1 aromatic carbocycles. The lowest BCUT2D eigenvalue weighted by Gasteiger charge is -2.08. The minimum Gasteiger partial charge on any atom is -0.254 e. The van der Waals surface area contributed by atoms with Crippen LogP contribution in [-0.2, 0) is 6.18 Å². The van der Waals surface area contributed by atoms with Gasteiger partial charge in [0.05, 0.1) is 11.3 Å². The third-order valence-electron chi connectivity index (χ3n) is 2.65. The standard InChI is InChI=1S/C15H11F4N/c1-10-3-2-4-12(20-10)7-5-11-6-8-14(16)13(9-11)15(17,18)19/h2-9H,1H3. The maximum atomic E-state index is 13.1. The second-order valence-corrected chi connectivity index (χ2v) is 4.27. The maximum Gasteiger partial charge on any atom is 0.419 e. The van der Waals surface area contributed by atoms with Gasteiger partial charge in [0.2, 0.25) is 0 Å². The summed E-state index contributed by atoms with van der Waals surface area (Å²) in [4.78, 5) is 4.19. The fourth-order valence-electron chi connectivity index (χ4n) is 1.70. The minimum absolute atomic E-state index is 0.266. The van der Waals surface area contributed by atoms with Crippen molar-refractivity contribution >= 4 is 12.2 Å². The highest BCUT2D eigenvalue weighted by Crippen LogP contribution is 2.32. The summed E-state index contributed by atoms with van der Waals surface area (Å²) in [6, 6.07) is 8.23. The number of halogens is 4. The molecule has 2 rings (SSSR count). The molecule has 0 radical (unpaired) electrons. The fraction of sp³-hybridized carbons (Fsp3) is 0.133. The van der Waals surface area contributed by atoms with Gasteiger partial charge in [0.15, 0.2) is 0 Å². The number of aromatic nitrogens is 1. The van der Waals surface area contributed by atoms with Gasteiger partial charge in [-0.2, -0.15) is 13.2 Å². The summed E-state index contributed by atoms with van der Waals surface area (Å²) in [6.07, 6.45) is -1.65. The SMILES string of the molecule is Cc1cccc(C=Cc2ccc(F)c(C(F)(F)F)c2)n1. The first-order valence-corrected chi connectivity index (χ1v) is 5.85. The maximum absolute atomic E-state index is 13.1. The van der Waals surface area contributed by atoms with Gasteiger partial charge in [0, 0.05) is 5.69 Å². The molecule has 5 heteroatoms. The van der Waals surface area contributed by atoms with E-state index in [4.69, 9.17) is 0 Å². The Morgan fingerprint density at radius 3 is 2.45 bits per heavy atom. The number of rotatable bonds is 2. The van der Waals surface area contributed by atoms with E-state index in [0.29, 0.717) is 5.69 Å². The van der Waals surface area contributed by atoms with Crippen LogP contribution in [0.25, 0.3) is 12.2 Å². The molecule has 0 spiro atoms. The summed E-state index contributed by atoms with van der Waals surface area (Å²) in [6.45, 7) is 1.82. The lowest BCUT2D eigenvalue weighted by Crippen LogP contribution is -2.08. The van der Waals surface area contributed by atoms with E-state index in [9.17, 15) is 17.6 Å². The Labute approximate surface area is 113 Å². The predicted molar refractivity (Wildman–Crippen MR) is 69.3 cm³/mol. The zero-order chi connectivity index (χ0) is 14.8. The van der Waals surface area contributed by atoms with Gasteiger partial charge in [-0.15, -0.1) is 0 Å². The molecule has 20 heavy (non-hydrogen) atoms. The smallest absolute Gasteiger partial charge is 0.254 e. The molecule has 0 unspecified atom stereocenters. The highest BCUT2D eigenvalue weighted by molar-refractivity contribution is 5.68. The molecule has 0 atom stereocenters. The predicted octanol–water partition coefficient (Wildman–Crippen LogP) is 4.72. The largest absolute Gasteiger partial charge is 0.419 e. The first kappa shape index (κ1) is 14.2. The summed E-state index contributed by atoms with van der Waals surface area (Å²) in [5, 5.41) is 0. The second-order valence-electron chi connectivity index (χ2n) is 4.27. The summed E-state index contributed by atoms with van der Waals surface area (Å²) in [5.74, 6) is -1.27. The molecule has 0 amide bonds. The molecule has 0 aliphatic carbocycles. The molecular formula is C15H11F4N. The Kier molecular flexibility index (Phi) is 3.88. The Balaban J connectivity index is 2.31. The second kappa shape index (κ2) is 5.45. The number of hydrogen-bond donors (Lipinski definition) is 0. The third kappa shape index (κ3) is 3.44. The van der Waals surface area contributed by atoms with Crippen LogP contribution in [-0.4, -0.2) is 4.98 Å². The number of aryl methyl sites for hydroxylation is 1. The molecule has 104 valence electrons. The topological polar surface area (TPSA) is 12.9 Å². The fourth-order valence-corrected chi connectivity index (χ4v) is 1.70. The van der Waals surface area contributed by atoms with E-state index in [1.54, 1.807) is 18.2 Å². The monoisotopic (exact) mass is 281 g/mol. The summed E-state index contributed by atoms with van der Waals surface area (Å²) >= 11 is 0. The van der Waals surface area contributed by atoms with Crippen LogP contribution in [0.5, 0.6) is 0 Å². The Morgan fingerprint density at radius 2 is 1.80 bits per heavy atom. The zero-order valence-corrected chi connectivity index (χ0v) is 10.6. The van der Waals surface area contributed by atoms with Crippen LogP contribution in [0.15, 0.2) is 36.4 Å². The van der Waals surface area contributed by atoms with Crippen LogP contribution in [0.3, 0.4) is 0 Å². The van der Waals surface area contributed by atoms with Crippen molar-refractivity contribution in [1.82, 2.24) is 4.98 Å². The quantitative estimate of drug-likeness (QED) is 0.726. The van der Waals surface area contributed by atoms with Crippen molar-refractivity contribution in [3.63, 3.8) is 0 Å². The van der Waals surface area contributed by atoms with Gasteiger partial charge in [-0.25, -0.2) is 4.39 Å². The average molecular weight is 281 g/mol. The van der Waals surface area contributed by atoms with Crippen LogP contribution in [0.4, 0.5) is 17.6 Å². The number of nitrogens with zero attached hydrogens (tertiary/aromatic N) is 1. The Bertz CT molecular complexity index is 645. The van der Waals surface area contributed by atoms with Gasteiger partial charge in [-0.05, 0) is 42.8 Å². The summed E-state index contributed by atoms with van der Waals surface area (Å²) in [5.41, 5.74) is 0.434. The lowest BCUT2D eigenvalue weighted by molar-refractivity contribution is -0.140. The first-order valence-electron chi connectivity index (χ1n) is 5.85. The van der Waals surface area contributed by atoms with Gasteiger partial charge in [0.1, 0.15) is 5.82 Å². The molecule has 0 bridgehead atoms. The molecule has 1 nitrogen and oxygen atoms in total. The van der Waals surface area contributed by atoms with Crippen LogP contribution in [0.2, 0.25) is 0 Å². The van der Waals surface area contributed by atoms with Crippen molar-refractivity contribution in [1.29, 1.82) is 0 Å². The van der Waals surface area contributed by atoms with Gasteiger partial charge in [-0.3, -0.25) is 4.98 Å². The number of alkyl halides is 3. The van der Waals surface area contributed by atoms with Crippen LogP contribution in [0, 0.1) is 12.7 Å². The average Bonchev–Trinajstić information content (AvgIpc) is 2.36. The first-order chi connectivity index (χ1) is 9.36. The molecule has 0 saturated heterocycles.